The maximum absolute atomic E-state index is 11.6. The summed E-state index contributed by atoms with van der Waals surface area (Å²) in [5.74, 6) is -0.265. The van der Waals surface area contributed by atoms with Gasteiger partial charge in [0.1, 0.15) is 5.54 Å². The van der Waals surface area contributed by atoms with Gasteiger partial charge < -0.3 is 11.1 Å². The van der Waals surface area contributed by atoms with Gasteiger partial charge in [0.25, 0.3) is 0 Å². The minimum absolute atomic E-state index is 0.265. The molecule has 19 heavy (non-hydrogen) atoms. The molecule has 1 saturated heterocycles. The van der Waals surface area contributed by atoms with Crippen LogP contribution in [-0.4, -0.2) is 66.6 Å². The van der Waals surface area contributed by atoms with Crippen molar-refractivity contribution in [3.63, 3.8) is 0 Å². The summed E-state index contributed by atoms with van der Waals surface area (Å²) < 4.78 is 0. The van der Waals surface area contributed by atoms with Gasteiger partial charge in [0, 0.05) is 38.8 Å². The first kappa shape index (κ1) is 16.4. The van der Waals surface area contributed by atoms with Crippen molar-refractivity contribution in [3.8, 4) is 0 Å². The number of nitrogens with two attached hydrogens (primary N) is 1. The molecule has 112 valence electrons. The second-order valence-electron chi connectivity index (χ2n) is 5.80. The van der Waals surface area contributed by atoms with Gasteiger partial charge in [0.2, 0.25) is 5.91 Å². The van der Waals surface area contributed by atoms with Crippen LogP contribution in [0.5, 0.6) is 0 Å². The molecule has 5 nitrogen and oxygen atoms in total. The van der Waals surface area contributed by atoms with Crippen LogP contribution in [0.1, 0.15) is 34.1 Å². The number of hydrogen-bond donors (Lipinski definition) is 2. The number of carbonyl (C=O) groups excluding carboxylic acids is 1. The standard InChI is InChI=1S/C14H30N4O/c1-5-12(3)18-9-7-17(8-10-18)11-14(4,13(15)19)16-6-2/h12,16H,5-11H2,1-4H3,(H2,15,19). The summed E-state index contributed by atoms with van der Waals surface area (Å²) in [6.45, 7) is 14.1. The molecule has 0 bridgehead atoms. The summed E-state index contributed by atoms with van der Waals surface area (Å²) in [6.07, 6.45) is 1.19. The first-order valence-electron chi connectivity index (χ1n) is 7.44. The van der Waals surface area contributed by atoms with Crippen molar-refractivity contribution in [2.75, 3.05) is 39.3 Å². The number of hydrogen-bond acceptors (Lipinski definition) is 4. The Morgan fingerprint density at radius 3 is 2.32 bits per heavy atom. The Morgan fingerprint density at radius 1 is 1.32 bits per heavy atom. The van der Waals surface area contributed by atoms with Crippen molar-refractivity contribution < 1.29 is 4.79 Å². The van der Waals surface area contributed by atoms with Crippen molar-refractivity contribution in [2.24, 2.45) is 5.73 Å². The molecule has 1 heterocycles. The van der Waals surface area contributed by atoms with E-state index >= 15 is 0 Å². The third-order valence-electron chi connectivity index (χ3n) is 4.27. The molecule has 2 unspecified atom stereocenters. The smallest absolute Gasteiger partial charge is 0.238 e. The van der Waals surface area contributed by atoms with E-state index in [1.54, 1.807) is 0 Å². The number of nitrogens with one attached hydrogen (secondary N) is 1. The topological polar surface area (TPSA) is 61.6 Å². The van der Waals surface area contributed by atoms with Crippen LogP contribution in [0.2, 0.25) is 0 Å². The minimum Gasteiger partial charge on any atom is -0.368 e. The Morgan fingerprint density at radius 2 is 1.89 bits per heavy atom. The second kappa shape index (κ2) is 7.22. The lowest BCUT2D eigenvalue weighted by Crippen LogP contribution is -2.62. The zero-order chi connectivity index (χ0) is 14.5. The van der Waals surface area contributed by atoms with Crippen molar-refractivity contribution in [2.45, 2.75) is 45.7 Å². The van der Waals surface area contributed by atoms with Crippen molar-refractivity contribution in [3.05, 3.63) is 0 Å². The van der Waals surface area contributed by atoms with Gasteiger partial charge in [0.15, 0.2) is 0 Å². The van der Waals surface area contributed by atoms with Crippen molar-refractivity contribution >= 4 is 5.91 Å². The summed E-state index contributed by atoms with van der Waals surface area (Å²) in [7, 11) is 0. The highest BCUT2D eigenvalue weighted by atomic mass is 16.1. The summed E-state index contributed by atoms with van der Waals surface area (Å²) >= 11 is 0. The normalized spacial score (nSPS) is 22.9. The molecule has 0 aromatic heterocycles. The molecule has 1 aliphatic heterocycles. The number of rotatable bonds is 7. The number of amides is 1. The van der Waals surface area contributed by atoms with E-state index < -0.39 is 5.54 Å². The molecular formula is C14H30N4O. The predicted octanol–water partition coefficient (Wildman–Crippen LogP) is 0.256. The van der Waals surface area contributed by atoms with Gasteiger partial charge in [-0.05, 0) is 26.8 Å². The van der Waals surface area contributed by atoms with Gasteiger partial charge in [0.05, 0.1) is 0 Å². The van der Waals surface area contributed by atoms with E-state index in [1.165, 1.54) is 6.42 Å². The lowest BCUT2D eigenvalue weighted by Gasteiger charge is -2.41. The van der Waals surface area contributed by atoms with Crippen LogP contribution in [-0.2, 0) is 4.79 Å². The van der Waals surface area contributed by atoms with Crippen LogP contribution in [0.15, 0.2) is 0 Å². The summed E-state index contributed by atoms with van der Waals surface area (Å²) in [5.41, 5.74) is 4.91. The number of piperazine rings is 1. The van der Waals surface area contributed by atoms with E-state index in [1.807, 2.05) is 13.8 Å². The predicted molar refractivity (Wildman–Crippen MR) is 79.0 cm³/mol. The van der Waals surface area contributed by atoms with Gasteiger partial charge in [-0.1, -0.05) is 13.8 Å². The van der Waals surface area contributed by atoms with E-state index in [9.17, 15) is 4.79 Å². The monoisotopic (exact) mass is 270 g/mol. The minimum atomic E-state index is -0.618. The highest BCUT2D eigenvalue weighted by Crippen LogP contribution is 2.12. The number of likely N-dealkylation sites (N-methyl/N-ethyl adjacent to an activating group) is 1. The molecule has 5 heteroatoms. The number of nitrogens with zero attached hydrogens (tertiary/aromatic N) is 2. The average molecular weight is 270 g/mol. The maximum atomic E-state index is 11.6. The Balaban J connectivity index is 2.49. The molecule has 1 amide bonds. The van der Waals surface area contributed by atoms with Gasteiger partial charge in [-0.25, -0.2) is 0 Å². The molecule has 0 aromatic carbocycles. The SMILES string of the molecule is CCNC(C)(CN1CCN(C(C)CC)CC1)C(N)=O. The quantitative estimate of drug-likeness (QED) is 0.696. The molecule has 0 radical (unpaired) electrons. The molecule has 1 fully saturated rings. The van der Waals surface area contributed by atoms with Crippen LogP contribution < -0.4 is 11.1 Å². The van der Waals surface area contributed by atoms with Crippen LogP contribution in [0, 0.1) is 0 Å². The third-order valence-corrected chi connectivity index (χ3v) is 4.27. The summed E-state index contributed by atoms with van der Waals surface area (Å²) in [6, 6.07) is 0.651. The van der Waals surface area contributed by atoms with Crippen molar-refractivity contribution in [1.82, 2.24) is 15.1 Å². The molecule has 2 atom stereocenters. The van der Waals surface area contributed by atoms with Gasteiger partial charge >= 0.3 is 0 Å². The lowest BCUT2D eigenvalue weighted by atomic mass is 10.00. The molecule has 0 saturated carbocycles. The number of primary amides is 1. The number of carbonyl (C=O) groups is 1. The second-order valence-corrected chi connectivity index (χ2v) is 5.80. The Bertz CT molecular complexity index is 289. The van der Waals surface area contributed by atoms with E-state index in [2.05, 4.69) is 29.0 Å². The summed E-state index contributed by atoms with van der Waals surface area (Å²) in [5, 5.41) is 3.22. The molecule has 0 aliphatic carbocycles. The van der Waals surface area contributed by atoms with E-state index in [-0.39, 0.29) is 5.91 Å². The highest BCUT2D eigenvalue weighted by molar-refractivity contribution is 5.84. The van der Waals surface area contributed by atoms with Crippen LogP contribution in [0.3, 0.4) is 0 Å². The van der Waals surface area contributed by atoms with Crippen LogP contribution in [0.4, 0.5) is 0 Å². The van der Waals surface area contributed by atoms with Gasteiger partial charge in [-0.15, -0.1) is 0 Å². The maximum Gasteiger partial charge on any atom is 0.238 e. The van der Waals surface area contributed by atoms with E-state index in [0.29, 0.717) is 12.6 Å². The first-order valence-corrected chi connectivity index (χ1v) is 7.44. The first-order chi connectivity index (χ1) is 8.92. The molecule has 0 aromatic rings. The lowest BCUT2D eigenvalue weighted by molar-refractivity contribution is -0.124. The zero-order valence-corrected chi connectivity index (χ0v) is 12.9. The molecule has 1 rings (SSSR count). The molecule has 0 spiro atoms. The van der Waals surface area contributed by atoms with E-state index in [4.69, 9.17) is 5.73 Å². The van der Waals surface area contributed by atoms with Crippen molar-refractivity contribution in [1.29, 1.82) is 0 Å². The van der Waals surface area contributed by atoms with Gasteiger partial charge in [-0.2, -0.15) is 0 Å². The fourth-order valence-corrected chi connectivity index (χ4v) is 2.68. The molecular weight excluding hydrogens is 240 g/mol. The van der Waals surface area contributed by atoms with E-state index in [0.717, 1.165) is 32.7 Å². The van der Waals surface area contributed by atoms with Crippen LogP contribution in [0.25, 0.3) is 0 Å². The fourth-order valence-electron chi connectivity index (χ4n) is 2.68. The average Bonchev–Trinajstić information content (AvgIpc) is 2.38. The Kier molecular flexibility index (Phi) is 6.23. The molecule has 1 aliphatic rings. The van der Waals surface area contributed by atoms with Crippen LogP contribution >= 0.6 is 0 Å². The molecule has 3 N–H and O–H groups in total. The third kappa shape index (κ3) is 4.44. The zero-order valence-electron chi connectivity index (χ0n) is 12.9. The Labute approximate surface area is 117 Å². The van der Waals surface area contributed by atoms with Gasteiger partial charge in [-0.3, -0.25) is 14.6 Å². The summed E-state index contributed by atoms with van der Waals surface area (Å²) in [4.78, 5) is 16.5. The largest absolute Gasteiger partial charge is 0.368 e. The highest BCUT2D eigenvalue weighted by Gasteiger charge is 2.33. The fraction of sp³-hybridized carbons (Fsp3) is 0.929. The Hall–Kier alpha value is -0.650.